The maximum atomic E-state index is 15.0. The summed E-state index contributed by atoms with van der Waals surface area (Å²) in [5.41, 5.74) is 0.349. The smallest absolute Gasteiger partial charge is 0.357 e. The number of halogens is 3. The quantitative estimate of drug-likeness (QED) is 0.331. The number of esters is 2. The van der Waals surface area contributed by atoms with Crippen LogP contribution in [-0.2, 0) is 16.1 Å². The Kier molecular flexibility index (Phi) is 7.05. The molecule has 10 heteroatoms. The van der Waals surface area contributed by atoms with Gasteiger partial charge in [0.1, 0.15) is 29.5 Å². The van der Waals surface area contributed by atoms with Gasteiger partial charge in [-0.2, -0.15) is 5.10 Å². The first-order valence-corrected chi connectivity index (χ1v) is 10.5. The van der Waals surface area contributed by atoms with Crippen LogP contribution in [0.4, 0.5) is 13.2 Å². The highest BCUT2D eigenvalue weighted by molar-refractivity contribution is 6.06. The van der Waals surface area contributed by atoms with Gasteiger partial charge < -0.3 is 14.2 Å². The van der Waals surface area contributed by atoms with Crippen molar-refractivity contribution in [3.05, 3.63) is 101 Å². The predicted octanol–water partition coefficient (Wildman–Crippen LogP) is 5.11. The lowest BCUT2D eigenvalue weighted by Gasteiger charge is -2.09. The Hall–Kier alpha value is -4.60. The van der Waals surface area contributed by atoms with Gasteiger partial charge in [-0.05, 0) is 48.0 Å². The van der Waals surface area contributed by atoms with Crippen molar-refractivity contribution < 1.29 is 37.0 Å². The van der Waals surface area contributed by atoms with Gasteiger partial charge in [0, 0.05) is 11.6 Å². The standard InChI is InChI=1S/C26H19F3N2O5/c1-34-25(32)22-23(30-31(24(22)26(33)35-2)19-6-4-3-5-7-19)16-8-9-21(20(29)12-16)36-14-15-10-17(27)13-18(28)11-15/h3-13H,14H2,1-2H3. The van der Waals surface area contributed by atoms with Crippen molar-refractivity contribution >= 4 is 11.9 Å². The zero-order valence-electron chi connectivity index (χ0n) is 19.1. The van der Waals surface area contributed by atoms with E-state index < -0.39 is 29.4 Å². The van der Waals surface area contributed by atoms with Crippen molar-refractivity contribution in [2.45, 2.75) is 6.61 Å². The summed E-state index contributed by atoms with van der Waals surface area (Å²) in [5.74, 6) is -4.31. The number of hydrogen-bond donors (Lipinski definition) is 0. The minimum absolute atomic E-state index is 0.0243. The molecule has 4 aromatic rings. The molecule has 0 aliphatic rings. The van der Waals surface area contributed by atoms with Crippen LogP contribution in [0.5, 0.6) is 5.75 Å². The summed E-state index contributed by atoms with van der Waals surface area (Å²) in [6.45, 7) is -0.284. The number of benzene rings is 3. The molecule has 3 aromatic carbocycles. The molecule has 0 amide bonds. The van der Waals surface area contributed by atoms with E-state index >= 15 is 0 Å². The van der Waals surface area contributed by atoms with E-state index in [9.17, 15) is 22.8 Å². The summed E-state index contributed by atoms with van der Waals surface area (Å²) >= 11 is 0. The number of rotatable bonds is 7. The molecule has 4 rings (SSSR count). The summed E-state index contributed by atoms with van der Waals surface area (Å²) < 4.78 is 58.1. The average molecular weight is 496 g/mol. The van der Waals surface area contributed by atoms with E-state index in [-0.39, 0.29) is 40.4 Å². The summed E-state index contributed by atoms with van der Waals surface area (Å²) in [4.78, 5) is 25.3. The van der Waals surface area contributed by atoms with E-state index in [1.165, 1.54) is 16.8 Å². The second-order valence-electron chi connectivity index (χ2n) is 7.51. The zero-order valence-corrected chi connectivity index (χ0v) is 19.1. The Balaban J connectivity index is 1.76. The fourth-order valence-corrected chi connectivity index (χ4v) is 3.58. The highest BCUT2D eigenvalue weighted by Crippen LogP contribution is 2.32. The zero-order chi connectivity index (χ0) is 25.8. The summed E-state index contributed by atoms with van der Waals surface area (Å²) in [6, 6.07) is 15.1. The van der Waals surface area contributed by atoms with Crippen LogP contribution in [0.3, 0.4) is 0 Å². The lowest BCUT2D eigenvalue weighted by Crippen LogP contribution is -2.15. The molecule has 0 N–H and O–H groups in total. The second-order valence-corrected chi connectivity index (χ2v) is 7.51. The maximum absolute atomic E-state index is 15.0. The van der Waals surface area contributed by atoms with Gasteiger partial charge >= 0.3 is 11.9 Å². The topological polar surface area (TPSA) is 79.7 Å². The van der Waals surface area contributed by atoms with Gasteiger partial charge in [0.05, 0.1) is 19.9 Å². The van der Waals surface area contributed by atoms with Crippen LogP contribution in [-0.4, -0.2) is 35.9 Å². The molecule has 0 aliphatic carbocycles. The van der Waals surface area contributed by atoms with Gasteiger partial charge in [0.15, 0.2) is 17.3 Å². The van der Waals surface area contributed by atoms with Crippen molar-refractivity contribution in [1.82, 2.24) is 9.78 Å². The third-order valence-electron chi connectivity index (χ3n) is 5.18. The molecule has 0 aliphatic heterocycles. The molecular formula is C26H19F3N2O5. The van der Waals surface area contributed by atoms with Crippen molar-refractivity contribution in [1.29, 1.82) is 0 Å². The molecule has 0 atom stereocenters. The number of carbonyl (C=O) groups excluding carboxylic acids is 2. The first-order valence-electron chi connectivity index (χ1n) is 10.5. The number of carbonyl (C=O) groups is 2. The van der Waals surface area contributed by atoms with E-state index in [1.54, 1.807) is 30.3 Å². The Morgan fingerprint density at radius 3 is 2.14 bits per heavy atom. The van der Waals surface area contributed by atoms with Gasteiger partial charge in [-0.25, -0.2) is 27.4 Å². The van der Waals surface area contributed by atoms with E-state index in [4.69, 9.17) is 14.2 Å². The van der Waals surface area contributed by atoms with Gasteiger partial charge in [-0.3, -0.25) is 0 Å². The van der Waals surface area contributed by atoms with E-state index in [0.717, 1.165) is 38.5 Å². The summed E-state index contributed by atoms with van der Waals surface area (Å²) in [5, 5.41) is 4.40. The summed E-state index contributed by atoms with van der Waals surface area (Å²) in [6.07, 6.45) is 0. The van der Waals surface area contributed by atoms with Crippen LogP contribution in [0.2, 0.25) is 0 Å². The number of ether oxygens (including phenoxy) is 3. The van der Waals surface area contributed by atoms with Gasteiger partial charge in [-0.15, -0.1) is 0 Å². The Bertz CT molecular complexity index is 1420. The number of nitrogens with zero attached hydrogens (tertiary/aromatic N) is 2. The van der Waals surface area contributed by atoms with Gasteiger partial charge in [-0.1, -0.05) is 18.2 Å². The van der Waals surface area contributed by atoms with E-state index in [1.807, 2.05) is 0 Å². The van der Waals surface area contributed by atoms with Crippen LogP contribution in [0.15, 0.2) is 66.7 Å². The highest BCUT2D eigenvalue weighted by atomic mass is 19.1. The fraction of sp³-hybridized carbons (Fsp3) is 0.115. The minimum Gasteiger partial charge on any atom is -0.486 e. The number of para-hydroxylation sites is 1. The third-order valence-corrected chi connectivity index (χ3v) is 5.18. The fourth-order valence-electron chi connectivity index (χ4n) is 3.58. The summed E-state index contributed by atoms with van der Waals surface area (Å²) in [7, 11) is 2.29. The molecule has 0 unspecified atom stereocenters. The molecule has 184 valence electrons. The van der Waals surface area contributed by atoms with Crippen molar-refractivity contribution in [3.63, 3.8) is 0 Å². The van der Waals surface area contributed by atoms with Crippen LogP contribution < -0.4 is 4.74 Å². The molecule has 36 heavy (non-hydrogen) atoms. The SMILES string of the molecule is COC(=O)c1c(-c2ccc(OCc3cc(F)cc(F)c3)c(F)c2)nn(-c2ccccc2)c1C(=O)OC. The van der Waals surface area contributed by atoms with Crippen molar-refractivity contribution in [3.8, 4) is 22.7 Å². The molecule has 0 saturated carbocycles. The van der Waals surface area contributed by atoms with Crippen molar-refractivity contribution in [2.75, 3.05) is 14.2 Å². The van der Waals surface area contributed by atoms with Crippen molar-refractivity contribution in [2.24, 2.45) is 0 Å². The average Bonchev–Trinajstić information content (AvgIpc) is 3.27. The first kappa shape index (κ1) is 24.5. The minimum atomic E-state index is -0.874. The Morgan fingerprint density at radius 1 is 0.861 bits per heavy atom. The molecule has 1 heterocycles. The first-order chi connectivity index (χ1) is 17.3. The molecule has 0 bridgehead atoms. The Morgan fingerprint density at radius 2 is 1.53 bits per heavy atom. The van der Waals surface area contributed by atoms with Crippen LogP contribution in [0, 0.1) is 17.5 Å². The lowest BCUT2D eigenvalue weighted by atomic mass is 10.1. The van der Waals surface area contributed by atoms with Crippen LogP contribution >= 0.6 is 0 Å². The Labute approximate surface area is 203 Å². The largest absolute Gasteiger partial charge is 0.486 e. The lowest BCUT2D eigenvalue weighted by molar-refractivity contribution is 0.0549. The molecule has 0 saturated heterocycles. The van der Waals surface area contributed by atoms with Gasteiger partial charge in [0.2, 0.25) is 0 Å². The molecular weight excluding hydrogens is 477 g/mol. The normalized spacial score (nSPS) is 10.7. The molecule has 0 radical (unpaired) electrons. The second kappa shape index (κ2) is 10.3. The molecule has 1 aromatic heterocycles. The maximum Gasteiger partial charge on any atom is 0.357 e. The highest BCUT2D eigenvalue weighted by Gasteiger charge is 2.31. The third kappa shape index (κ3) is 4.92. The van der Waals surface area contributed by atoms with Crippen LogP contribution in [0.25, 0.3) is 16.9 Å². The predicted molar refractivity (Wildman–Crippen MR) is 122 cm³/mol. The van der Waals surface area contributed by atoms with Gasteiger partial charge in [0.25, 0.3) is 0 Å². The number of aromatic nitrogens is 2. The monoisotopic (exact) mass is 496 g/mol. The van der Waals surface area contributed by atoms with Crippen LogP contribution in [0.1, 0.15) is 26.4 Å². The molecule has 0 spiro atoms. The van der Waals surface area contributed by atoms with E-state index in [2.05, 4.69) is 5.10 Å². The molecule has 7 nitrogen and oxygen atoms in total. The van der Waals surface area contributed by atoms with E-state index in [0.29, 0.717) is 5.69 Å². The molecule has 0 fully saturated rings. The number of hydrogen-bond acceptors (Lipinski definition) is 6. The number of methoxy groups -OCH3 is 2.